The van der Waals surface area contributed by atoms with Crippen molar-refractivity contribution in [2.75, 3.05) is 19.5 Å². The van der Waals surface area contributed by atoms with Gasteiger partial charge in [-0.1, -0.05) is 12.1 Å². The predicted molar refractivity (Wildman–Crippen MR) is 129 cm³/mol. The van der Waals surface area contributed by atoms with Crippen LogP contribution in [-0.2, 0) is 11.3 Å². The minimum atomic E-state index is -0.571. The highest BCUT2D eigenvalue weighted by atomic mass is 32.1. The SMILES string of the molecule is COc1cc(NC(=O)Cn2c(=O)n(-c3cccc(C)c3C)c(=O)c3sccc32)cc(OC)c1. The lowest BCUT2D eigenvalue weighted by molar-refractivity contribution is -0.116. The zero-order chi connectivity index (χ0) is 23.7. The van der Waals surface area contributed by atoms with E-state index in [0.29, 0.717) is 33.1 Å². The van der Waals surface area contributed by atoms with Crippen molar-refractivity contribution in [3.05, 3.63) is 79.8 Å². The van der Waals surface area contributed by atoms with Crippen molar-refractivity contribution < 1.29 is 14.3 Å². The second-order valence-electron chi connectivity index (χ2n) is 7.51. The molecule has 1 N–H and O–H groups in total. The normalized spacial score (nSPS) is 10.9. The van der Waals surface area contributed by atoms with Crippen LogP contribution in [0.25, 0.3) is 15.9 Å². The molecule has 2 heterocycles. The van der Waals surface area contributed by atoms with Crippen LogP contribution in [0, 0.1) is 13.8 Å². The van der Waals surface area contributed by atoms with E-state index in [1.165, 1.54) is 30.1 Å². The van der Waals surface area contributed by atoms with Crippen molar-refractivity contribution in [3.63, 3.8) is 0 Å². The third-order valence-electron chi connectivity index (χ3n) is 5.51. The van der Waals surface area contributed by atoms with E-state index in [1.807, 2.05) is 19.9 Å². The number of nitrogens with zero attached hydrogens (tertiary/aromatic N) is 2. The Morgan fingerprint density at radius 1 is 1.03 bits per heavy atom. The van der Waals surface area contributed by atoms with Gasteiger partial charge < -0.3 is 14.8 Å². The van der Waals surface area contributed by atoms with Gasteiger partial charge in [-0.15, -0.1) is 11.3 Å². The fraction of sp³-hybridized carbons (Fsp3) is 0.208. The second-order valence-corrected chi connectivity index (χ2v) is 8.43. The number of amides is 1. The first kappa shape index (κ1) is 22.3. The Kier molecular flexibility index (Phi) is 6.06. The average Bonchev–Trinajstić information content (AvgIpc) is 3.29. The van der Waals surface area contributed by atoms with Crippen LogP contribution in [0.4, 0.5) is 5.69 Å². The summed E-state index contributed by atoms with van der Waals surface area (Å²) in [5.74, 6) is 0.613. The summed E-state index contributed by atoms with van der Waals surface area (Å²) in [5, 5.41) is 4.51. The van der Waals surface area contributed by atoms with Gasteiger partial charge in [0.25, 0.3) is 5.56 Å². The fourth-order valence-corrected chi connectivity index (χ4v) is 4.48. The van der Waals surface area contributed by atoms with Gasteiger partial charge in [-0.25, -0.2) is 9.36 Å². The van der Waals surface area contributed by atoms with Gasteiger partial charge in [-0.3, -0.25) is 14.2 Å². The van der Waals surface area contributed by atoms with E-state index >= 15 is 0 Å². The number of fused-ring (bicyclic) bond motifs is 1. The number of hydrogen-bond donors (Lipinski definition) is 1. The molecule has 0 radical (unpaired) electrons. The van der Waals surface area contributed by atoms with Crippen LogP contribution >= 0.6 is 11.3 Å². The van der Waals surface area contributed by atoms with Gasteiger partial charge in [-0.05, 0) is 42.5 Å². The van der Waals surface area contributed by atoms with E-state index in [-0.39, 0.29) is 6.54 Å². The van der Waals surface area contributed by atoms with Crippen LogP contribution in [0.15, 0.2) is 57.4 Å². The molecular formula is C24H23N3O5S. The number of anilines is 1. The second kappa shape index (κ2) is 8.95. The van der Waals surface area contributed by atoms with Gasteiger partial charge in [0.2, 0.25) is 5.91 Å². The zero-order valence-corrected chi connectivity index (χ0v) is 19.5. The number of hydrogen-bond acceptors (Lipinski definition) is 6. The Hall–Kier alpha value is -3.85. The van der Waals surface area contributed by atoms with Crippen LogP contribution in [0.5, 0.6) is 11.5 Å². The summed E-state index contributed by atoms with van der Waals surface area (Å²) >= 11 is 1.24. The molecule has 2 aromatic carbocycles. The van der Waals surface area contributed by atoms with E-state index in [2.05, 4.69) is 5.32 Å². The third kappa shape index (κ3) is 4.14. The summed E-state index contributed by atoms with van der Waals surface area (Å²) < 4.78 is 13.3. The highest BCUT2D eigenvalue weighted by Crippen LogP contribution is 2.26. The van der Waals surface area contributed by atoms with Gasteiger partial charge in [0.1, 0.15) is 22.7 Å². The molecule has 4 rings (SSSR count). The van der Waals surface area contributed by atoms with Crippen molar-refractivity contribution >= 4 is 33.1 Å². The molecule has 0 aliphatic carbocycles. The summed E-state index contributed by atoms with van der Waals surface area (Å²) in [7, 11) is 3.04. The standard InChI is InChI=1S/C24H23N3O5S/c1-14-6-5-7-19(15(14)2)27-23(29)22-20(8-9-33-22)26(24(27)30)13-21(28)25-16-10-17(31-3)12-18(11-16)32-4/h5-12H,13H2,1-4H3,(H,25,28). The molecule has 0 spiro atoms. The molecule has 33 heavy (non-hydrogen) atoms. The van der Waals surface area contributed by atoms with Crippen molar-refractivity contribution in [1.29, 1.82) is 0 Å². The fourth-order valence-electron chi connectivity index (χ4n) is 3.65. The number of thiophene rings is 1. The topological polar surface area (TPSA) is 91.6 Å². The highest BCUT2D eigenvalue weighted by molar-refractivity contribution is 7.17. The van der Waals surface area contributed by atoms with Gasteiger partial charge >= 0.3 is 5.69 Å². The summed E-state index contributed by atoms with van der Waals surface area (Å²) in [4.78, 5) is 39.6. The van der Waals surface area contributed by atoms with E-state index in [9.17, 15) is 14.4 Å². The molecule has 0 saturated carbocycles. The summed E-state index contributed by atoms with van der Waals surface area (Å²) in [6, 6.07) is 12.1. The maximum atomic E-state index is 13.5. The number of nitrogens with one attached hydrogen (secondary N) is 1. The van der Waals surface area contributed by atoms with E-state index in [1.54, 1.807) is 41.8 Å². The minimum Gasteiger partial charge on any atom is -0.497 e. The minimum absolute atomic E-state index is 0.267. The highest BCUT2D eigenvalue weighted by Gasteiger charge is 2.19. The Morgan fingerprint density at radius 3 is 2.39 bits per heavy atom. The molecule has 9 heteroatoms. The van der Waals surface area contributed by atoms with Crippen molar-refractivity contribution in [2.45, 2.75) is 20.4 Å². The lowest BCUT2D eigenvalue weighted by Crippen LogP contribution is -2.40. The largest absolute Gasteiger partial charge is 0.497 e. The van der Waals surface area contributed by atoms with Crippen LogP contribution in [0.2, 0.25) is 0 Å². The Balaban J connectivity index is 1.78. The van der Waals surface area contributed by atoms with Crippen LogP contribution in [0.3, 0.4) is 0 Å². The first-order valence-corrected chi connectivity index (χ1v) is 11.0. The lowest BCUT2D eigenvalue weighted by atomic mass is 10.1. The molecule has 0 unspecified atom stereocenters. The molecule has 4 aromatic rings. The van der Waals surface area contributed by atoms with Gasteiger partial charge in [0, 0.05) is 23.9 Å². The lowest BCUT2D eigenvalue weighted by Gasteiger charge is -2.15. The third-order valence-corrected chi connectivity index (χ3v) is 6.40. The number of rotatable bonds is 6. The van der Waals surface area contributed by atoms with Crippen LogP contribution in [-0.4, -0.2) is 29.3 Å². The number of carbonyl (C=O) groups excluding carboxylic acids is 1. The van der Waals surface area contributed by atoms with Crippen molar-refractivity contribution in [3.8, 4) is 17.2 Å². The smallest absolute Gasteiger partial charge is 0.336 e. The molecule has 0 bridgehead atoms. The molecule has 8 nitrogen and oxygen atoms in total. The number of ether oxygens (including phenoxy) is 2. The molecule has 0 fully saturated rings. The van der Waals surface area contributed by atoms with Crippen LogP contribution < -0.4 is 26.0 Å². The number of methoxy groups -OCH3 is 2. The number of aryl methyl sites for hydroxylation is 1. The molecular weight excluding hydrogens is 442 g/mol. The Labute approximate surface area is 193 Å². The monoisotopic (exact) mass is 465 g/mol. The molecule has 1 amide bonds. The number of benzene rings is 2. The molecule has 0 aliphatic heterocycles. The van der Waals surface area contributed by atoms with Crippen molar-refractivity contribution in [2.24, 2.45) is 0 Å². The predicted octanol–water partition coefficient (Wildman–Crippen LogP) is 3.49. The number of aromatic nitrogens is 2. The number of carbonyl (C=O) groups is 1. The molecule has 0 saturated heterocycles. The van der Waals surface area contributed by atoms with Gasteiger partial charge in [0.15, 0.2) is 0 Å². The van der Waals surface area contributed by atoms with Gasteiger partial charge in [-0.2, -0.15) is 0 Å². The van der Waals surface area contributed by atoms with Gasteiger partial charge in [0.05, 0.1) is 25.4 Å². The van der Waals surface area contributed by atoms with Crippen LogP contribution in [0.1, 0.15) is 11.1 Å². The Morgan fingerprint density at radius 2 is 1.73 bits per heavy atom. The quantitative estimate of drug-likeness (QED) is 0.471. The molecule has 0 aliphatic rings. The van der Waals surface area contributed by atoms with E-state index in [4.69, 9.17) is 9.47 Å². The molecule has 2 aromatic heterocycles. The van der Waals surface area contributed by atoms with Crippen molar-refractivity contribution in [1.82, 2.24) is 9.13 Å². The summed E-state index contributed by atoms with van der Waals surface area (Å²) in [6.07, 6.45) is 0. The summed E-state index contributed by atoms with van der Waals surface area (Å²) in [5.41, 5.74) is 2.22. The first-order chi connectivity index (χ1) is 15.8. The first-order valence-electron chi connectivity index (χ1n) is 10.2. The Bertz CT molecular complexity index is 1460. The average molecular weight is 466 g/mol. The zero-order valence-electron chi connectivity index (χ0n) is 18.7. The maximum Gasteiger partial charge on any atom is 0.336 e. The molecule has 170 valence electrons. The van der Waals surface area contributed by atoms with E-state index < -0.39 is 17.2 Å². The summed E-state index contributed by atoms with van der Waals surface area (Å²) in [6.45, 7) is 3.51. The maximum absolute atomic E-state index is 13.5. The molecule has 0 atom stereocenters. The van der Waals surface area contributed by atoms with E-state index in [0.717, 1.165) is 15.7 Å².